The first kappa shape index (κ1) is 9.30. The topological polar surface area (TPSA) is 0 Å². The highest BCUT2D eigenvalue weighted by atomic mass is 79.9. The number of rotatable bonds is 2. The summed E-state index contributed by atoms with van der Waals surface area (Å²) in [4.78, 5) is 0. The molecule has 60 valence electrons. The molecule has 3 heteroatoms. The van der Waals surface area contributed by atoms with Gasteiger partial charge in [0.25, 0.3) is 0 Å². The van der Waals surface area contributed by atoms with E-state index in [0.29, 0.717) is 0 Å². The summed E-state index contributed by atoms with van der Waals surface area (Å²) in [6.45, 7) is 1.94. The number of hydrogen-bond donors (Lipinski definition) is 0. The lowest BCUT2D eigenvalue weighted by atomic mass is 10.3. The molecule has 0 aliphatic carbocycles. The molecule has 1 rings (SSSR count). The summed E-state index contributed by atoms with van der Waals surface area (Å²) in [7, 11) is 0. The molecule has 0 aliphatic heterocycles. The Labute approximate surface area is 84.0 Å². The molecule has 1 aromatic rings. The average molecular weight is 252 g/mol. The number of allylic oxidation sites excluding steroid dienone is 1. The minimum Gasteiger partial charge on any atom is -0.151 e. The fourth-order valence-corrected chi connectivity index (χ4v) is 2.12. The molecule has 0 saturated heterocycles. The first-order valence-electron chi connectivity index (χ1n) is 3.24. The number of thiophene rings is 1. The molecule has 0 nitrogen and oxygen atoms in total. The van der Waals surface area contributed by atoms with Gasteiger partial charge in [0.15, 0.2) is 0 Å². The van der Waals surface area contributed by atoms with Crippen molar-refractivity contribution in [2.45, 2.75) is 12.3 Å². The molecular formula is C8H8BrClS. The molecule has 1 aromatic heterocycles. The van der Waals surface area contributed by atoms with Gasteiger partial charge in [0.05, 0.1) is 0 Å². The van der Waals surface area contributed by atoms with E-state index in [4.69, 9.17) is 11.6 Å². The zero-order valence-electron chi connectivity index (χ0n) is 6.05. The van der Waals surface area contributed by atoms with Gasteiger partial charge in [0.1, 0.15) is 0 Å². The molecule has 0 aliphatic rings. The van der Waals surface area contributed by atoms with Crippen molar-refractivity contribution in [3.63, 3.8) is 0 Å². The van der Waals surface area contributed by atoms with E-state index >= 15 is 0 Å². The second-order valence-electron chi connectivity index (χ2n) is 2.21. The molecular weight excluding hydrogens is 244 g/mol. The summed E-state index contributed by atoms with van der Waals surface area (Å²) < 4.78 is 1.14. The first-order valence-corrected chi connectivity index (χ1v) is 5.41. The van der Waals surface area contributed by atoms with Gasteiger partial charge in [-0.2, -0.15) is 11.3 Å². The summed E-state index contributed by atoms with van der Waals surface area (Å²) in [6, 6.07) is 0. The Kier molecular flexibility index (Phi) is 3.63. The van der Waals surface area contributed by atoms with Gasteiger partial charge in [-0.15, -0.1) is 11.6 Å². The fourth-order valence-electron chi connectivity index (χ4n) is 0.647. The van der Waals surface area contributed by atoms with E-state index in [1.807, 2.05) is 19.1 Å². The second kappa shape index (κ2) is 4.29. The Hall–Kier alpha value is 0.210. The van der Waals surface area contributed by atoms with Crippen LogP contribution in [0.3, 0.4) is 0 Å². The smallest absolute Gasteiger partial charge is 0.0491 e. The molecule has 11 heavy (non-hydrogen) atoms. The maximum absolute atomic E-state index is 5.75. The second-order valence-corrected chi connectivity index (χ2v) is 4.50. The third kappa shape index (κ3) is 2.97. The van der Waals surface area contributed by atoms with E-state index in [1.54, 1.807) is 11.3 Å². The van der Waals surface area contributed by atoms with Gasteiger partial charge in [-0.05, 0) is 33.8 Å². The van der Waals surface area contributed by atoms with Crippen molar-refractivity contribution >= 4 is 44.9 Å². The highest BCUT2D eigenvalue weighted by Gasteiger charge is 1.95. The van der Waals surface area contributed by atoms with Crippen LogP contribution < -0.4 is 0 Å². The predicted octanol–water partition coefficient (Wildman–Crippen LogP) is 4.15. The van der Waals surface area contributed by atoms with E-state index < -0.39 is 0 Å². The van der Waals surface area contributed by atoms with Gasteiger partial charge in [-0.25, -0.2) is 0 Å². The number of halogens is 2. The van der Waals surface area contributed by atoms with Crippen molar-refractivity contribution in [2.24, 2.45) is 0 Å². The molecule has 0 radical (unpaired) electrons. The lowest BCUT2D eigenvalue weighted by Crippen LogP contribution is -1.79. The largest absolute Gasteiger partial charge is 0.151 e. The van der Waals surface area contributed by atoms with E-state index in [1.165, 1.54) is 5.56 Å². The average Bonchev–Trinajstić information content (AvgIpc) is 2.31. The molecule has 0 saturated carbocycles. The van der Waals surface area contributed by atoms with E-state index in [2.05, 4.69) is 26.7 Å². The molecule has 1 heterocycles. The summed E-state index contributed by atoms with van der Waals surface area (Å²) >= 11 is 10.9. The lowest BCUT2D eigenvalue weighted by Gasteiger charge is -1.90. The van der Waals surface area contributed by atoms with Crippen LogP contribution >= 0.6 is 38.9 Å². The Balaban J connectivity index is 2.71. The molecule has 0 bridgehead atoms. The van der Waals surface area contributed by atoms with Crippen molar-refractivity contribution in [3.8, 4) is 0 Å². The zero-order chi connectivity index (χ0) is 8.27. The van der Waals surface area contributed by atoms with Crippen LogP contribution in [0.5, 0.6) is 0 Å². The van der Waals surface area contributed by atoms with Gasteiger partial charge in [0.2, 0.25) is 0 Å². The first-order chi connectivity index (χ1) is 5.20. The standard InChI is InChI=1S/C8H8BrClS/c1-6(10)2-3-7-4-11-5-8(7)9/h2-6H,1H3/b3-2+. The van der Waals surface area contributed by atoms with Crippen LogP contribution in [-0.2, 0) is 0 Å². The predicted molar refractivity (Wildman–Crippen MR) is 56.4 cm³/mol. The molecule has 0 aromatic carbocycles. The fraction of sp³-hybridized carbons (Fsp3) is 0.250. The van der Waals surface area contributed by atoms with Crippen LogP contribution in [0.2, 0.25) is 0 Å². The monoisotopic (exact) mass is 250 g/mol. The van der Waals surface area contributed by atoms with Gasteiger partial charge < -0.3 is 0 Å². The molecule has 0 fully saturated rings. The summed E-state index contributed by atoms with van der Waals surface area (Å²) in [6.07, 6.45) is 3.99. The SMILES string of the molecule is CC(Cl)/C=C/c1cscc1Br. The van der Waals surface area contributed by atoms with Gasteiger partial charge in [-0.1, -0.05) is 12.2 Å². The minimum absolute atomic E-state index is 0.0989. The van der Waals surface area contributed by atoms with Crippen molar-refractivity contribution in [1.82, 2.24) is 0 Å². The molecule has 1 unspecified atom stereocenters. The van der Waals surface area contributed by atoms with E-state index in [-0.39, 0.29) is 5.38 Å². The lowest BCUT2D eigenvalue weighted by molar-refractivity contribution is 1.24. The quantitative estimate of drug-likeness (QED) is 0.693. The zero-order valence-corrected chi connectivity index (χ0v) is 9.21. The van der Waals surface area contributed by atoms with Crippen molar-refractivity contribution in [1.29, 1.82) is 0 Å². The van der Waals surface area contributed by atoms with Crippen LogP contribution in [0.15, 0.2) is 21.3 Å². The van der Waals surface area contributed by atoms with Crippen LogP contribution in [0.4, 0.5) is 0 Å². The van der Waals surface area contributed by atoms with Crippen molar-refractivity contribution in [3.05, 3.63) is 26.9 Å². The minimum atomic E-state index is 0.0989. The van der Waals surface area contributed by atoms with E-state index in [9.17, 15) is 0 Å². The molecule has 0 amide bonds. The highest BCUT2D eigenvalue weighted by Crippen LogP contribution is 2.22. The maximum atomic E-state index is 5.75. The summed E-state index contributed by atoms with van der Waals surface area (Å²) in [5.41, 5.74) is 1.20. The Bertz CT molecular complexity index is 252. The Morgan fingerprint density at radius 3 is 2.82 bits per heavy atom. The maximum Gasteiger partial charge on any atom is 0.0491 e. The Morgan fingerprint density at radius 1 is 1.64 bits per heavy atom. The highest BCUT2D eigenvalue weighted by molar-refractivity contribution is 9.10. The van der Waals surface area contributed by atoms with E-state index in [0.717, 1.165) is 4.47 Å². The Morgan fingerprint density at radius 2 is 2.36 bits per heavy atom. The van der Waals surface area contributed by atoms with Gasteiger partial charge in [-0.3, -0.25) is 0 Å². The third-order valence-electron chi connectivity index (χ3n) is 1.18. The van der Waals surface area contributed by atoms with Crippen LogP contribution in [0.1, 0.15) is 12.5 Å². The molecule has 0 spiro atoms. The number of alkyl halides is 1. The summed E-state index contributed by atoms with van der Waals surface area (Å²) in [5.74, 6) is 0. The number of hydrogen-bond acceptors (Lipinski definition) is 1. The molecule has 0 N–H and O–H groups in total. The molecule has 1 atom stereocenters. The normalized spacial score (nSPS) is 14.1. The van der Waals surface area contributed by atoms with Crippen LogP contribution in [0.25, 0.3) is 6.08 Å². The van der Waals surface area contributed by atoms with Crippen molar-refractivity contribution in [2.75, 3.05) is 0 Å². The van der Waals surface area contributed by atoms with Crippen LogP contribution in [0, 0.1) is 0 Å². The van der Waals surface area contributed by atoms with Gasteiger partial charge >= 0.3 is 0 Å². The van der Waals surface area contributed by atoms with Crippen molar-refractivity contribution < 1.29 is 0 Å². The van der Waals surface area contributed by atoms with Crippen LogP contribution in [-0.4, -0.2) is 5.38 Å². The summed E-state index contributed by atoms with van der Waals surface area (Å²) in [5, 5.41) is 4.24. The van der Waals surface area contributed by atoms with Gasteiger partial charge in [0, 0.05) is 15.2 Å². The third-order valence-corrected chi connectivity index (χ3v) is 3.08.